The second-order valence-electron chi connectivity index (χ2n) is 3.31. The third-order valence-corrected chi connectivity index (χ3v) is 3.67. The van der Waals surface area contributed by atoms with Crippen molar-refractivity contribution in [3.63, 3.8) is 0 Å². The molecule has 14 heavy (non-hydrogen) atoms. The lowest BCUT2D eigenvalue weighted by molar-refractivity contribution is -0.145. The predicted molar refractivity (Wildman–Crippen MR) is 62.0 cm³/mol. The molecule has 0 radical (unpaired) electrons. The minimum atomic E-state index is -0.584. The van der Waals surface area contributed by atoms with Crippen molar-refractivity contribution in [3.05, 3.63) is 45.6 Å². The zero-order chi connectivity index (χ0) is 10.2. The van der Waals surface area contributed by atoms with E-state index >= 15 is 0 Å². The van der Waals surface area contributed by atoms with Crippen LogP contribution in [0.3, 0.4) is 0 Å². The monoisotopic (exact) mass is 300 g/mol. The number of hydrogen-bond donors (Lipinski definition) is 0. The van der Waals surface area contributed by atoms with E-state index in [-0.39, 0.29) is 5.97 Å². The van der Waals surface area contributed by atoms with Crippen LogP contribution in [0.1, 0.15) is 12.5 Å². The molecule has 3 heteroatoms. The van der Waals surface area contributed by atoms with Crippen LogP contribution in [0.25, 0.3) is 0 Å². The SMILES string of the molecule is CC1(c2ccccc2)OC(=O)C=C1I. The van der Waals surface area contributed by atoms with E-state index in [0.29, 0.717) is 0 Å². The van der Waals surface area contributed by atoms with Crippen molar-refractivity contribution in [3.8, 4) is 0 Å². The highest BCUT2D eigenvalue weighted by molar-refractivity contribution is 14.1. The Morgan fingerprint density at radius 3 is 2.43 bits per heavy atom. The Kier molecular flexibility index (Phi) is 2.34. The lowest BCUT2D eigenvalue weighted by atomic mass is 9.97. The van der Waals surface area contributed by atoms with Crippen molar-refractivity contribution < 1.29 is 9.53 Å². The van der Waals surface area contributed by atoms with Gasteiger partial charge >= 0.3 is 5.97 Å². The van der Waals surface area contributed by atoms with E-state index in [0.717, 1.165) is 9.14 Å². The topological polar surface area (TPSA) is 26.3 Å². The molecule has 1 unspecified atom stereocenters. The van der Waals surface area contributed by atoms with Crippen LogP contribution in [-0.4, -0.2) is 5.97 Å². The molecule has 0 saturated carbocycles. The van der Waals surface area contributed by atoms with E-state index in [1.165, 1.54) is 6.08 Å². The molecule has 0 saturated heterocycles. The lowest BCUT2D eigenvalue weighted by Gasteiger charge is -2.24. The highest BCUT2D eigenvalue weighted by Crippen LogP contribution is 2.41. The van der Waals surface area contributed by atoms with Crippen molar-refractivity contribution in [1.82, 2.24) is 0 Å². The highest BCUT2D eigenvalue weighted by Gasteiger charge is 2.38. The average molecular weight is 300 g/mol. The van der Waals surface area contributed by atoms with Crippen molar-refractivity contribution in [2.24, 2.45) is 0 Å². The summed E-state index contributed by atoms with van der Waals surface area (Å²) >= 11 is 2.14. The molecule has 1 aliphatic heterocycles. The smallest absolute Gasteiger partial charge is 0.332 e. The van der Waals surface area contributed by atoms with Gasteiger partial charge in [-0.2, -0.15) is 0 Å². The van der Waals surface area contributed by atoms with Crippen molar-refractivity contribution in [2.45, 2.75) is 12.5 Å². The first-order chi connectivity index (χ1) is 6.63. The molecule has 0 aromatic heterocycles. The number of ether oxygens (including phenoxy) is 1. The largest absolute Gasteiger partial charge is 0.446 e. The van der Waals surface area contributed by atoms with Crippen LogP contribution < -0.4 is 0 Å². The number of hydrogen-bond acceptors (Lipinski definition) is 2. The van der Waals surface area contributed by atoms with E-state index in [4.69, 9.17) is 4.74 Å². The van der Waals surface area contributed by atoms with Gasteiger partial charge in [0.1, 0.15) is 0 Å². The normalized spacial score (nSPS) is 25.9. The molecule has 0 bridgehead atoms. The molecule has 0 amide bonds. The van der Waals surface area contributed by atoms with Crippen LogP contribution in [-0.2, 0) is 15.1 Å². The van der Waals surface area contributed by atoms with Gasteiger partial charge in [-0.15, -0.1) is 0 Å². The van der Waals surface area contributed by atoms with Gasteiger partial charge in [-0.25, -0.2) is 4.79 Å². The number of carbonyl (C=O) groups excluding carboxylic acids is 1. The Labute approximate surface area is 96.1 Å². The molecule has 1 atom stereocenters. The van der Waals surface area contributed by atoms with E-state index in [9.17, 15) is 4.79 Å². The van der Waals surface area contributed by atoms with E-state index in [1.807, 2.05) is 37.3 Å². The van der Waals surface area contributed by atoms with Gasteiger partial charge in [-0.3, -0.25) is 0 Å². The van der Waals surface area contributed by atoms with Crippen molar-refractivity contribution in [2.75, 3.05) is 0 Å². The molecule has 1 aliphatic rings. The molecular formula is C11H9IO2. The Hall–Kier alpha value is -0.840. The highest BCUT2D eigenvalue weighted by atomic mass is 127. The molecule has 0 spiro atoms. The second kappa shape index (κ2) is 3.38. The summed E-state index contributed by atoms with van der Waals surface area (Å²) in [5.41, 5.74) is 0.422. The van der Waals surface area contributed by atoms with Crippen LogP contribution in [0.5, 0.6) is 0 Å². The third-order valence-electron chi connectivity index (χ3n) is 2.33. The van der Waals surface area contributed by atoms with Gasteiger partial charge in [0.15, 0.2) is 5.60 Å². The summed E-state index contributed by atoms with van der Waals surface area (Å²) in [5, 5.41) is 0. The number of cyclic esters (lactones) is 1. The Bertz CT molecular complexity index is 397. The molecule has 0 fully saturated rings. The van der Waals surface area contributed by atoms with Gasteiger partial charge < -0.3 is 4.74 Å². The van der Waals surface area contributed by atoms with Crippen molar-refractivity contribution in [1.29, 1.82) is 0 Å². The van der Waals surface area contributed by atoms with Crippen LogP contribution >= 0.6 is 22.6 Å². The summed E-state index contributed by atoms with van der Waals surface area (Å²) in [6, 6.07) is 9.75. The first-order valence-corrected chi connectivity index (χ1v) is 5.37. The number of benzene rings is 1. The maximum atomic E-state index is 11.1. The minimum Gasteiger partial charge on any atom is -0.446 e. The van der Waals surface area contributed by atoms with Gasteiger partial charge in [0.05, 0.1) is 0 Å². The molecule has 2 rings (SSSR count). The fraction of sp³-hybridized carbons (Fsp3) is 0.182. The zero-order valence-electron chi connectivity index (χ0n) is 7.66. The van der Waals surface area contributed by atoms with E-state index in [2.05, 4.69) is 22.6 Å². The summed E-state index contributed by atoms with van der Waals surface area (Å²) < 4.78 is 6.23. The lowest BCUT2D eigenvalue weighted by Crippen LogP contribution is -2.23. The summed E-state index contributed by atoms with van der Waals surface area (Å²) in [6.45, 7) is 1.91. The molecule has 1 aromatic rings. The van der Waals surface area contributed by atoms with Gasteiger partial charge in [0.25, 0.3) is 0 Å². The van der Waals surface area contributed by atoms with E-state index in [1.54, 1.807) is 0 Å². The fourth-order valence-electron chi connectivity index (χ4n) is 1.47. The predicted octanol–water partition coefficient (Wildman–Crippen LogP) is 2.78. The zero-order valence-corrected chi connectivity index (χ0v) is 9.82. The van der Waals surface area contributed by atoms with Crippen LogP contribution in [0.2, 0.25) is 0 Å². The van der Waals surface area contributed by atoms with Crippen molar-refractivity contribution >= 4 is 28.6 Å². The van der Waals surface area contributed by atoms with Gasteiger partial charge in [-0.05, 0) is 29.5 Å². The first kappa shape index (κ1) is 9.71. The van der Waals surface area contributed by atoms with Crippen LogP contribution in [0.15, 0.2) is 40.0 Å². The fourth-order valence-corrected chi connectivity index (χ4v) is 2.15. The van der Waals surface area contributed by atoms with Crippen LogP contribution in [0.4, 0.5) is 0 Å². The summed E-state index contributed by atoms with van der Waals surface area (Å²) in [4.78, 5) is 11.1. The van der Waals surface area contributed by atoms with Gasteiger partial charge in [0, 0.05) is 15.2 Å². The molecule has 0 aliphatic carbocycles. The summed E-state index contributed by atoms with van der Waals surface area (Å²) in [6.07, 6.45) is 1.54. The Morgan fingerprint density at radius 1 is 1.29 bits per heavy atom. The number of halogens is 1. The molecule has 2 nitrogen and oxygen atoms in total. The number of rotatable bonds is 1. The first-order valence-electron chi connectivity index (χ1n) is 4.29. The van der Waals surface area contributed by atoms with Gasteiger partial charge in [-0.1, -0.05) is 30.3 Å². The Balaban J connectivity index is 2.45. The molecular weight excluding hydrogens is 291 g/mol. The van der Waals surface area contributed by atoms with Crippen LogP contribution in [0, 0.1) is 0 Å². The maximum absolute atomic E-state index is 11.1. The maximum Gasteiger partial charge on any atom is 0.332 e. The minimum absolute atomic E-state index is 0.263. The third kappa shape index (κ3) is 1.45. The molecule has 1 aromatic carbocycles. The molecule has 1 heterocycles. The summed E-state index contributed by atoms with van der Waals surface area (Å²) in [7, 11) is 0. The molecule has 72 valence electrons. The average Bonchev–Trinajstić information content (AvgIpc) is 2.43. The second-order valence-corrected chi connectivity index (χ2v) is 4.47. The Morgan fingerprint density at radius 2 is 1.93 bits per heavy atom. The van der Waals surface area contributed by atoms with E-state index < -0.39 is 5.60 Å². The van der Waals surface area contributed by atoms with Gasteiger partial charge in [0.2, 0.25) is 0 Å². The molecule has 0 N–H and O–H groups in total. The summed E-state index contributed by atoms with van der Waals surface area (Å²) in [5.74, 6) is -0.263. The number of esters is 1. The number of carbonyl (C=O) groups is 1. The standard InChI is InChI=1S/C11H9IO2/c1-11(8-5-3-2-4-6-8)9(12)7-10(13)14-11/h2-7H,1H3. The quantitative estimate of drug-likeness (QED) is 0.589.